The number of nitrogens with zero attached hydrogens (tertiary/aromatic N) is 4. The van der Waals surface area contributed by atoms with Gasteiger partial charge in [0.2, 0.25) is 5.95 Å². The van der Waals surface area contributed by atoms with Gasteiger partial charge in [-0.1, -0.05) is 72.8 Å². The molecule has 5 nitrogen and oxygen atoms in total. The molecule has 0 aliphatic heterocycles. The number of rotatable bonds is 5. The molecule has 0 spiro atoms. The van der Waals surface area contributed by atoms with E-state index in [-0.39, 0.29) is 5.75 Å². The molecule has 0 aliphatic carbocycles. The normalized spacial score (nSPS) is 10.9. The number of aromatic nitrogens is 2. The quantitative estimate of drug-likeness (QED) is 0.391. The molecule has 0 saturated heterocycles. The first kappa shape index (κ1) is 18.4. The van der Waals surface area contributed by atoms with Gasteiger partial charge >= 0.3 is 0 Å². The van der Waals surface area contributed by atoms with Crippen molar-refractivity contribution >= 4 is 12.2 Å². The highest BCUT2D eigenvalue weighted by atomic mass is 16.3. The van der Waals surface area contributed by atoms with Crippen LogP contribution in [0.1, 0.15) is 5.56 Å². The van der Waals surface area contributed by atoms with Crippen LogP contribution in [-0.4, -0.2) is 28.3 Å². The largest absolute Gasteiger partial charge is 0.507 e. The van der Waals surface area contributed by atoms with Crippen molar-refractivity contribution in [3.05, 3.63) is 96.6 Å². The van der Waals surface area contributed by atoms with Gasteiger partial charge in [0.25, 0.3) is 0 Å². The van der Waals surface area contributed by atoms with E-state index < -0.39 is 0 Å². The fourth-order valence-electron chi connectivity index (χ4n) is 2.89. The van der Waals surface area contributed by atoms with Gasteiger partial charge in [0.05, 0.1) is 17.6 Å². The van der Waals surface area contributed by atoms with Gasteiger partial charge in [-0.05, 0) is 18.2 Å². The Balaban J connectivity index is 1.75. The van der Waals surface area contributed by atoms with E-state index in [1.807, 2.05) is 72.8 Å². The van der Waals surface area contributed by atoms with Gasteiger partial charge in [-0.3, -0.25) is 0 Å². The third-order valence-electron chi connectivity index (χ3n) is 4.45. The minimum atomic E-state index is 0.175. The van der Waals surface area contributed by atoms with E-state index in [9.17, 15) is 5.11 Å². The van der Waals surface area contributed by atoms with Gasteiger partial charge in [-0.2, -0.15) is 5.10 Å². The predicted octanol–water partition coefficient (Wildman–Crippen LogP) is 4.99. The summed E-state index contributed by atoms with van der Waals surface area (Å²) in [5, 5.41) is 16.0. The highest BCUT2D eigenvalue weighted by molar-refractivity contribution is 5.83. The first-order valence-corrected chi connectivity index (χ1v) is 9.26. The molecule has 4 rings (SSSR count). The molecule has 0 amide bonds. The van der Waals surface area contributed by atoms with E-state index in [1.54, 1.807) is 36.5 Å². The Kier molecular flexibility index (Phi) is 5.29. The summed E-state index contributed by atoms with van der Waals surface area (Å²) in [5.41, 5.74) is 4.28. The molecule has 0 saturated carbocycles. The Morgan fingerprint density at radius 2 is 1.28 bits per heavy atom. The molecule has 4 aromatic rings. The Morgan fingerprint density at radius 3 is 1.83 bits per heavy atom. The van der Waals surface area contributed by atoms with Crippen LogP contribution in [0.4, 0.5) is 5.95 Å². The second-order valence-corrected chi connectivity index (χ2v) is 6.50. The number of anilines is 1. The Morgan fingerprint density at radius 1 is 0.759 bits per heavy atom. The van der Waals surface area contributed by atoms with Crippen LogP contribution in [0.2, 0.25) is 0 Å². The lowest BCUT2D eigenvalue weighted by Gasteiger charge is -2.14. The van der Waals surface area contributed by atoms with Gasteiger partial charge in [0.1, 0.15) is 5.75 Å². The van der Waals surface area contributed by atoms with Crippen LogP contribution >= 0.6 is 0 Å². The van der Waals surface area contributed by atoms with Crippen LogP contribution in [0.25, 0.3) is 22.5 Å². The summed E-state index contributed by atoms with van der Waals surface area (Å²) in [6.07, 6.45) is 1.59. The molecule has 1 aromatic heterocycles. The van der Waals surface area contributed by atoms with Crippen LogP contribution in [0, 0.1) is 0 Å². The smallest absolute Gasteiger partial charge is 0.247 e. The number of hydrogen-bond acceptors (Lipinski definition) is 5. The first-order chi connectivity index (χ1) is 14.2. The molecular weight excluding hydrogens is 360 g/mol. The van der Waals surface area contributed by atoms with Gasteiger partial charge in [0.15, 0.2) is 0 Å². The van der Waals surface area contributed by atoms with Crippen molar-refractivity contribution in [2.45, 2.75) is 0 Å². The van der Waals surface area contributed by atoms with E-state index in [0.717, 1.165) is 22.5 Å². The molecule has 0 bridgehead atoms. The van der Waals surface area contributed by atoms with Gasteiger partial charge in [0, 0.05) is 23.7 Å². The summed E-state index contributed by atoms with van der Waals surface area (Å²) in [5.74, 6) is 0.644. The zero-order valence-corrected chi connectivity index (χ0v) is 16.0. The number of benzene rings is 3. The fourth-order valence-corrected chi connectivity index (χ4v) is 2.89. The zero-order chi connectivity index (χ0) is 20.1. The number of phenolic OH excluding ortho intramolecular Hbond substituents is 1. The van der Waals surface area contributed by atoms with Crippen molar-refractivity contribution in [1.82, 2.24) is 9.97 Å². The maximum Gasteiger partial charge on any atom is 0.247 e. The fraction of sp³-hybridized carbons (Fsp3) is 0.0417. The topological polar surface area (TPSA) is 61.6 Å². The van der Waals surface area contributed by atoms with E-state index in [2.05, 4.69) is 5.10 Å². The Hall–Kier alpha value is -3.99. The lowest BCUT2D eigenvalue weighted by Crippen LogP contribution is -2.13. The molecule has 0 fully saturated rings. The number of para-hydroxylation sites is 1. The summed E-state index contributed by atoms with van der Waals surface area (Å²) in [6, 6.07) is 29.0. The number of aromatic hydroxyl groups is 1. The monoisotopic (exact) mass is 380 g/mol. The molecule has 0 aliphatic rings. The van der Waals surface area contributed by atoms with Crippen molar-refractivity contribution in [3.63, 3.8) is 0 Å². The van der Waals surface area contributed by atoms with Gasteiger partial charge in [-0.15, -0.1) is 0 Å². The lowest BCUT2D eigenvalue weighted by atomic mass is 10.1. The molecule has 3 aromatic carbocycles. The maximum absolute atomic E-state index is 9.94. The van der Waals surface area contributed by atoms with Gasteiger partial charge < -0.3 is 5.11 Å². The van der Waals surface area contributed by atoms with Crippen molar-refractivity contribution in [2.75, 3.05) is 12.1 Å². The second kappa shape index (κ2) is 8.35. The van der Waals surface area contributed by atoms with E-state index in [1.165, 1.54) is 0 Å². The van der Waals surface area contributed by atoms with Crippen LogP contribution in [0.3, 0.4) is 0 Å². The lowest BCUT2D eigenvalue weighted by molar-refractivity contribution is 0.474. The van der Waals surface area contributed by atoms with Gasteiger partial charge in [-0.25, -0.2) is 15.0 Å². The van der Waals surface area contributed by atoms with Crippen LogP contribution in [0.15, 0.2) is 96.1 Å². The first-order valence-electron chi connectivity index (χ1n) is 9.26. The molecular formula is C24H20N4O. The maximum atomic E-state index is 9.94. The number of phenols is 1. The van der Waals surface area contributed by atoms with Crippen molar-refractivity contribution in [3.8, 4) is 28.3 Å². The van der Waals surface area contributed by atoms with Crippen molar-refractivity contribution in [1.29, 1.82) is 0 Å². The molecule has 1 heterocycles. The Labute approximate surface area is 169 Å². The summed E-state index contributed by atoms with van der Waals surface area (Å²) in [4.78, 5) is 9.40. The zero-order valence-electron chi connectivity index (χ0n) is 16.0. The summed E-state index contributed by atoms with van der Waals surface area (Å²) < 4.78 is 0. The second-order valence-electron chi connectivity index (χ2n) is 6.50. The molecule has 0 atom stereocenters. The molecule has 1 N–H and O–H groups in total. The van der Waals surface area contributed by atoms with Crippen molar-refractivity contribution < 1.29 is 5.11 Å². The minimum Gasteiger partial charge on any atom is -0.507 e. The van der Waals surface area contributed by atoms with Crippen LogP contribution in [-0.2, 0) is 0 Å². The molecule has 142 valence electrons. The number of hydrogen-bond donors (Lipinski definition) is 1. The average Bonchev–Trinajstić information content (AvgIpc) is 2.79. The molecule has 0 radical (unpaired) electrons. The summed E-state index contributed by atoms with van der Waals surface area (Å²) in [7, 11) is 1.79. The van der Waals surface area contributed by atoms with Crippen molar-refractivity contribution in [2.24, 2.45) is 5.10 Å². The minimum absolute atomic E-state index is 0.175. The van der Waals surface area contributed by atoms with E-state index in [4.69, 9.17) is 9.97 Å². The van der Waals surface area contributed by atoms with E-state index in [0.29, 0.717) is 11.5 Å². The standard InChI is InChI=1S/C24H20N4O/c1-28(25-17-20-14-8-9-15-23(20)29)24-26-21(18-10-4-2-5-11-18)16-22(27-24)19-12-6-3-7-13-19/h2-17,29H,1H3. The third kappa shape index (κ3) is 4.30. The SMILES string of the molecule is CN(N=Cc1ccccc1O)c1nc(-c2ccccc2)cc(-c2ccccc2)n1. The summed E-state index contributed by atoms with van der Waals surface area (Å²) in [6.45, 7) is 0. The molecule has 0 unspecified atom stereocenters. The molecule has 5 heteroatoms. The Bertz CT molecular complexity index is 1070. The highest BCUT2D eigenvalue weighted by Gasteiger charge is 2.11. The van der Waals surface area contributed by atoms with Crippen LogP contribution in [0.5, 0.6) is 5.75 Å². The highest BCUT2D eigenvalue weighted by Crippen LogP contribution is 2.26. The third-order valence-corrected chi connectivity index (χ3v) is 4.45. The van der Waals surface area contributed by atoms with E-state index >= 15 is 0 Å². The van der Waals surface area contributed by atoms with Crippen LogP contribution < -0.4 is 5.01 Å². The average molecular weight is 380 g/mol. The predicted molar refractivity (Wildman–Crippen MR) is 117 cm³/mol. The number of hydrazone groups is 1. The summed E-state index contributed by atoms with van der Waals surface area (Å²) >= 11 is 0. The molecule has 29 heavy (non-hydrogen) atoms.